The molecule has 0 unspecified atom stereocenters. The number of nitrogens with one attached hydrogen (secondary N) is 2. The molecule has 1 heterocycles. The molecule has 0 fully saturated rings. The Morgan fingerprint density at radius 3 is 2.77 bits per heavy atom. The number of aromatic amines is 1. The van der Waals surface area contributed by atoms with Crippen LogP contribution in [0.15, 0.2) is 29.1 Å². The van der Waals surface area contributed by atoms with Crippen LogP contribution in [0.2, 0.25) is 0 Å². The van der Waals surface area contributed by atoms with Gasteiger partial charge in [0.1, 0.15) is 11.4 Å². The molecule has 0 saturated heterocycles. The summed E-state index contributed by atoms with van der Waals surface area (Å²) >= 11 is 0. The zero-order chi connectivity index (χ0) is 16.1. The van der Waals surface area contributed by atoms with Crippen LogP contribution in [0.4, 0.5) is 0 Å². The maximum atomic E-state index is 12.2. The Bertz CT molecular complexity index is 722. The van der Waals surface area contributed by atoms with Gasteiger partial charge in [0.25, 0.3) is 11.5 Å². The Morgan fingerprint density at radius 1 is 1.32 bits per heavy atom. The van der Waals surface area contributed by atoms with Crippen LogP contribution in [0.25, 0.3) is 10.8 Å². The first-order valence-electron chi connectivity index (χ1n) is 7.12. The molecule has 0 atom stereocenters. The molecule has 2 aromatic rings. The number of ether oxygens (including phenoxy) is 2. The molecular weight excluding hydrogens is 284 g/mol. The highest BCUT2D eigenvalue weighted by atomic mass is 16.5. The molecule has 1 aromatic heterocycles. The number of pyridine rings is 1. The smallest absolute Gasteiger partial charge is 0.267 e. The van der Waals surface area contributed by atoms with Crippen molar-refractivity contribution in [3.05, 3.63) is 40.3 Å². The maximum Gasteiger partial charge on any atom is 0.267 e. The molecule has 0 aliphatic rings. The highest BCUT2D eigenvalue weighted by Crippen LogP contribution is 2.19. The Labute approximate surface area is 128 Å². The Hall–Kier alpha value is -2.34. The number of benzene rings is 1. The standard InChI is InChI=1S/C16H20N2O4/c1-10(2)22-12-5-4-11-8-14(16(20)17-6-7-21-3)18-15(19)13(11)9-12/h4-5,8-10H,6-7H2,1-3H3,(H,17,20)(H,18,19). The molecule has 0 bridgehead atoms. The van der Waals surface area contributed by atoms with Gasteiger partial charge < -0.3 is 19.8 Å². The molecule has 22 heavy (non-hydrogen) atoms. The third-order valence-electron chi connectivity index (χ3n) is 3.03. The van der Waals surface area contributed by atoms with Crippen LogP contribution in [0.3, 0.4) is 0 Å². The SMILES string of the molecule is COCCNC(=O)c1cc2ccc(OC(C)C)cc2c(=O)[nH]1. The fourth-order valence-corrected chi connectivity index (χ4v) is 2.07. The summed E-state index contributed by atoms with van der Waals surface area (Å²) in [5, 5.41) is 3.85. The third kappa shape index (κ3) is 3.85. The van der Waals surface area contributed by atoms with Crippen molar-refractivity contribution in [2.75, 3.05) is 20.3 Å². The van der Waals surface area contributed by atoms with Gasteiger partial charge >= 0.3 is 0 Å². The van der Waals surface area contributed by atoms with Crippen molar-refractivity contribution in [3.8, 4) is 5.75 Å². The van der Waals surface area contributed by atoms with Crippen LogP contribution in [0, 0.1) is 0 Å². The van der Waals surface area contributed by atoms with E-state index >= 15 is 0 Å². The molecule has 6 nitrogen and oxygen atoms in total. The number of amides is 1. The molecule has 1 amide bonds. The average molecular weight is 304 g/mol. The Kier molecular flexibility index (Phi) is 5.16. The molecule has 0 spiro atoms. The molecule has 1 aromatic carbocycles. The topological polar surface area (TPSA) is 80.4 Å². The number of methoxy groups -OCH3 is 1. The minimum Gasteiger partial charge on any atom is -0.491 e. The van der Waals surface area contributed by atoms with Crippen LogP contribution >= 0.6 is 0 Å². The molecule has 0 aliphatic heterocycles. The summed E-state index contributed by atoms with van der Waals surface area (Å²) in [5.41, 5.74) is -0.0882. The zero-order valence-corrected chi connectivity index (χ0v) is 12.9. The minimum absolute atomic E-state index is 0.0300. The highest BCUT2D eigenvalue weighted by Gasteiger charge is 2.10. The van der Waals surface area contributed by atoms with Gasteiger partial charge in [-0.25, -0.2) is 0 Å². The van der Waals surface area contributed by atoms with E-state index in [1.165, 1.54) is 0 Å². The average Bonchev–Trinajstić information content (AvgIpc) is 2.47. The molecule has 2 rings (SSSR count). The highest BCUT2D eigenvalue weighted by molar-refractivity contribution is 5.96. The van der Waals surface area contributed by atoms with Crippen molar-refractivity contribution in [1.82, 2.24) is 10.3 Å². The summed E-state index contributed by atoms with van der Waals surface area (Å²) in [5.74, 6) is 0.295. The quantitative estimate of drug-likeness (QED) is 0.796. The number of aromatic nitrogens is 1. The lowest BCUT2D eigenvalue weighted by molar-refractivity contribution is 0.0932. The molecule has 0 saturated carbocycles. The first-order valence-corrected chi connectivity index (χ1v) is 7.12. The monoisotopic (exact) mass is 304 g/mol. The summed E-state index contributed by atoms with van der Waals surface area (Å²) in [6.07, 6.45) is 0.0300. The van der Waals surface area contributed by atoms with Crippen LogP contribution in [0.5, 0.6) is 5.75 Å². The van der Waals surface area contributed by atoms with E-state index in [0.29, 0.717) is 29.7 Å². The Balaban J connectivity index is 2.30. The van der Waals surface area contributed by atoms with Gasteiger partial charge in [-0.2, -0.15) is 0 Å². The Morgan fingerprint density at radius 2 is 2.09 bits per heavy atom. The lowest BCUT2D eigenvalue weighted by Crippen LogP contribution is -2.29. The second-order valence-corrected chi connectivity index (χ2v) is 5.18. The van der Waals surface area contributed by atoms with Crippen molar-refractivity contribution in [3.63, 3.8) is 0 Å². The van der Waals surface area contributed by atoms with Crippen molar-refractivity contribution in [2.45, 2.75) is 20.0 Å². The van der Waals surface area contributed by atoms with Gasteiger partial charge in [-0.05, 0) is 37.4 Å². The first kappa shape index (κ1) is 16.0. The second kappa shape index (κ2) is 7.09. The molecular formula is C16H20N2O4. The first-order chi connectivity index (χ1) is 10.5. The summed E-state index contributed by atoms with van der Waals surface area (Å²) < 4.78 is 10.4. The predicted molar refractivity (Wildman–Crippen MR) is 84.5 cm³/mol. The van der Waals surface area contributed by atoms with Gasteiger partial charge in [0, 0.05) is 13.7 Å². The summed E-state index contributed by atoms with van der Waals surface area (Å²) in [7, 11) is 1.56. The number of fused-ring (bicyclic) bond motifs is 1. The molecule has 118 valence electrons. The number of H-pyrrole nitrogens is 1. The van der Waals surface area contributed by atoms with E-state index < -0.39 is 0 Å². The van der Waals surface area contributed by atoms with Gasteiger partial charge in [0.2, 0.25) is 0 Å². The van der Waals surface area contributed by atoms with Crippen molar-refractivity contribution in [2.24, 2.45) is 0 Å². The van der Waals surface area contributed by atoms with E-state index in [0.717, 1.165) is 0 Å². The summed E-state index contributed by atoms with van der Waals surface area (Å²) in [6.45, 7) is 4.64. The summed E-state index contributed by atoms with van der Waals surface area (Å²) in [6, 6.07) is 6.89. The lowest BCUT2D eigenvalue weighted by Gasteiger charge is -2.10. The fraction of sp³-hybridized carbons (Fsp3) is 0.375. The van der Waals surface area contributed by atoms with E-state index in [2.05, 4.69) is 10.3 Å². The van der Waals surface area contributed by atoms with E-state index in [1.807, 2.05) is 13.8 Å². The number of carbonyl (C=O) groups excluding carboxylic acids is 1. The number of carbonyl (C=O) groups is 1. The van der Waals surface area contributed by atoms with E-state index in [1.54, 1.807) is 31.4 Å². The minimum atomic E-state index is -0.335. The molecule has 0 aliphatic carbocycles. The normalized spacial score (nSPS) is 10.9. The second-order valence-electron chi connectivity index (χ2n) is 5.18. The fourth-order valence-electron chi connectivity index (χ4n) is 2.07. The van der Waals surface area contributed by atoms with Gasteiger partial charge in [-0.15, -0.1) is 0 Å². The van der Waals surface area contributed by atoms with Crippen molar-refractivity contribution < 1.29 is 14.3 Å². The molecule has 6 heteroatoms. The van der Waals surface area contributed by atoms with Crippen molar-refractivity contribution in [1.29, 1.82) is 0 Å². The third-order valence-corrected chi connectivity index (χ3v) is 3.03. The van der Waals surface area contributed by atoms with Crippen LogP contribution < -0.4 is 15.6 Å². The van der Waals surface area contributed by atoms with Crippen LogP contribution in [-0.2, 0) is 4.74 Å². The van der Waals surface area contributed by atoms with Gasteiger partial charge in [0.15, 0.2) is 0 Å². The van der Waals surface area contributed by atoms with Crippen LogP contribution in [0.1, 0.15) is 24.3 Å². The van der Waals surface area contributed by atoms with Crippen molar-refractivity contribution >= 4 is 16.7 Å². The van der Waals surface area contributed by atoms with Crippen LogP contribution in [-0.4, -0.2) is 37.3 Å². The number of hydrogen-bond donors (Lipinski definition) is 2. The van der Waals surface area contributed by atoms with E-state index in [-0.39, 0.29) is 23.3 Å². The molecule has 0 radical (unpaired) electrons. The largest absolute Gasteiger partial charge is 0.491 e. The zero-order valence-electron chi connectivity index (χ0n) is 12.9. The van der Waals surface area contributed by atoms with E-state index in [4.69, 9.17) is 9.47 Å². The van der Waals surface area contributed by atoms with E-state index in [9.17, 15) is 9.59 Å². The number of rotatable bonds is 6. The predicted octanol–water partition coefficient (Wildman–Crippen LogP) is 1.69. The van der Waals surface area contributed by atoms with Gasteiger partial charge in [0.05, 0.1) is 18.1 Å². The lowest BCUT2D eigenvalue weighted by atomic mass is 10.1. The summed E-state index contributed by atoms with van der Waals surface area (Å²) in [4.78, 5) is 26.7. The maximum absolute atomic E-state index is 12.2. The van der Waals surface area contributed by atoms with Gasteiger partial charge in [-0.1, -0.05) is 6.07 Å². The number of hydrogen-bond acceptors (Lipinski definition) is 4. The van der Waals surface area contributed by atoms with Gasteiger partial charge in [-0.3, -0.25) is 9.59 Å². The molecule has 2 N–H and O–H groups in total.